The minimum absolute atomic E-state index is 0.171. The van der Waals surface area contributed by atoms with Crippen LogP contribution in [0.25, 0.3) is 0 Å². The Morgan fingerprint density at radius 2 is 0.700 bits per heavy atom. The van der Waals surface area contributed by atoms with Crippen molar-refractivity contribution < 1.29 is 0 Å². The topological polar surface area (TPSA) is 0 Å². The zero-order chi connectivity index (χ0) is 21.2. The van der Waals surface area contributed by atoms with Crippen molar-refractivity contribution in [3.8, 4) is 0 Å². The van der Waals surface area contributed by atoms with Gasteiger partial charge in [-0.15, -0.1) is 0 Å². The maximum Gasteiger partial charge on any atom is -0.0186 e. The first-order valence-electron chi connectivity index (χ1n) is 10.4. The molecule has 0 aliphatic rings. The van der Waals surface area contributed by atoms with Crippen LogP contribution in [0, 0.1) is 0 Å². The molecular weight excluding hydrogens is 398 g/mol. The van der Waals surface area contributed by atoms with Crippen LogP contribution in [0.4, 0.5) is 0 Å². The molecule has 0 nitrogen and oxygen atoms in total. The summed E-state index contributed by atoms with van der Waals surface area (Å²) in [7, 11) is -0.381. The molecule has 0 fully saturated rings. The molecule has 0 saturated carbocycles. The molecular formula is C28H30P2. The van der Waals surface area contributed by atoms with Gasteiger partial charge in [-0.25, -0.2) is 0 Å². The zero-order valence-electron chi connectivity index (χ0n) is 18.0. The molecule has 4 rings (SSSR count). The Hall–Kier alpha value is -2.26. The van der Waals surface area contributed by atoms with Crippen LogP contribution < -0.4 is 21.2 Å². The molecule has 0 radical (unpaired) electrons. The third-order valence-corrected chi connectivity index (χ3v) is 9.76. The third kappa shape index (κ3) is 6.37. The Kier molecular flexibility index (Phi) is 8.82. The normalized spacial score (nSPS) is 10.7. The summed E-state index contributed by atoms with van der Waals surface area (Å²) in [6, 6.07) is 43.1. The fourth-order valence-electron chi connectivity index (χ4n) is 3.37. The standard InChI is InChI=1S/C15H17P.C13H13P/c1-13(2)16(14-9-5-3-6-10-14)15-11-7-4-8-12-15;1-14(12-8-4-2-5-9-12)13-10-6-3-7-11-13/h3-13H,1-2H3;2-11H,1H3. The van der Waals surface area contributed by atoms with Crippen molar-refractivity contribution in [2.24, 2.45) is 0 Å². The van der Waals surface area contributed by atoms with Gasteiger partial charge in [0.05, 0.1) is 0 Å². The van der Waals surface area contributed by atoms with Crippen LogP contribution in [0.15, 0.2) is 121 Å². The fourth-order valence-corrected chi connectivity index (χ4v) is 7.39. The Morgan fingerprint density at radius 3 is 0.967 bits per heavy atom. The van der Waals surface area contributed by atoms with Gasteiger partial charge >= 0.3 is 0 Å². The molecule has 0 aliphatic heterocycles. The van der Waals surface area contributed by atoms with Gasteiger partial charge in [-0.2, -0.15) is 0 Å². The van der Waals surface area contributed by atoms with Crippen molar-refractivity contribution in [3.05, 3.63) is 121 Å². The lowest BCUT2D eigenvalue weighted by atomic mass is 10.4. The van der Waals surface area contributed by atoms with Crippen molar-refractivity contribution in [1.29, 1.82) is 0 Å². The van der Waals surface area contributed by atoms with E-state index in [0.717, 1.165) is 0 Å². The Balaban J connectivity index is 0.000000172. The summed E-state index contributed by atoms with van der Waals surface area (Å²) < 4.78 is 0. The average molecular weight is 428 g/mol. The second kappa shape index (κ2) is 11.8. The first-order chi connectivity index (χ1) is 14.7. The molecule has 0 aromatic heterocycles. The van der Waals surface area contributed by atoms with E-state index in [1.807, 2.05) is 0 Å². The summed E-state index contributed by atoms with van der Waals surface area (Å²) in [6.45, 7) is 6.93. The molecule has 2 heteroatoms. The minimum Gasteiger partial charge on any atom is -0.0622 e. The molecule has 0 bridgehead atoms. The van der Waals surface area contributed by atoms with Gasteiger partial charge in [0.25, 0.3) is 0 Å². The van der Waals surface area contributed by atoms with Gasteiger partial charge in [-0.05, 0) is 49.4 Å². The molecule has 0 atom stereocenters. The highest BCUT2D eigenvalue weighted by Gasteiger charge is 2.16. The largest absolute Gasteiger partial charge is 0.0622 e. The molecule has 0 amide bonds. The van der Waals surface area contributed by atoms with Gasteiger partial charge in [0.1, 0.15) is 0 Å². The molecule has 30 heavy (non-hydrogen) atoms. The van der Waals surface area contributed by atoms with Crippen molar-refractivity contribution in [1.82, 2.24) is 0 Å². The molecule has 0 spiro atoms. The molecule has 4 aromatic rings. The van der Waals surface area contributed by atoms with Crippen molar-refractivity contribution in [3.63, 3.8) is 0 Å². The fraction of sp³-hybridized carbons (Fsp3) is 0.143. The highest BCUT2D eigenvalue weighted by atomic mass is 31.1. The summed E-state index contributed by atoms with van der Waals surface area (Å²) in [6.07, 6.45) is 0. The number of benzene rings is 4. The van der Waals surface area contributed by atoms with E-state index in [-0.39, 0.29) is 15.8 Å². The van der Waals surface area contributed by atoms with E-state index in [9.17, 15) is 0 Å². The maximum absolute atomic E-state index is 2.31. The average Bonchev–Trinajstić information content (AvgIpc) is 2.81. The van der Waals surface area contributed by atoms with Gasteiger partial charge in [0, 0.05) is 0 Å². The summed E-state index contributed by atoms with van der Waals surface area (Å²) in [5, 5.41) is 5.82. The van der Waals surface area contributed by atoms with Crippen LogP contribution in [0.2, 0.25) is 0 Å². The second-order valence-electron chi connectivity index (χ2n) is 7.36. The summed E-state index contributed by atoms with van der Waals surface area (Å²) in [5.74, 6) is 0. The smallest absolute Gasteiger partial charge is 0.0186 e. The van der Waals surface area contributed by atoms with E-state index in [4.69, 9.17) is 0 Å². The van der Waals surface area contributed by atoms with E-state index in [0.29, 0.717) is 5.66 Å². The minimum atomic E-state index is -0.210. The zero-order valence-corrected chi connectivity index (χ0v) is 19.8. The monoisotopic (exact) mass is 428 g/mol. The molecule has 0 heterocycles. The van der Waals surface area contributed by atoms with Crippen LogP contribution in [0.1, 0.15) is 13.8 Å². The number of rotatable bonds is 5. The lowest BCUT2D eigenvalue weighted by Gasteiger charge is -2.22. The number of hydrogen-bond acceptors (Lipinski definition) is 0. The second-order valence-corrected chi connectivity index (χ2v) is 12.3. The molecule has 0 unspecified atom stereocenters. The Labute approximate surface area is 184 Å². The summed E-state index contributed by atoms with van der Waals surface area (Å²) >= 11 is 0. The van der Waals surface area contributed by atoms with Crippen molar-refractivity contribution in [2.45, 2.75) is 19.5 Å². The van der Waals surface area contributed by atoms with E-state index >= 15 is 0 Å². The SMILES string of the molecule is CC(C)P(c1ccccc1)c1ccccc1.CP(c1ccccc1)c1ccccc1. The maximum atomic E-state index is 2.31. The van der Waals surface area contributed by atoms with E-state index in [2.05, 4.69) is 142 Å². The first-order valence-corrected chi connectivity index (χ1v) is 13.6. The van der Waals surface area contributed by atoms with E-state index in [1.54, 1.807) is 0 Å². The molecule has 152 valence electrons. The van der Waals surface area contributed by atoms with E-state index < -0.39 is 0 Å². The van der Waals surface area contributed by atoms with E-state index in [1.165, 1.54) is 21.2 Å². The Morgan fingerprint density at radius 1 is 0.433 bits per heavy atom. The van der Waals surface area contributed by atoms with Crippen LogP contribution in [-0.4, -0.2) is 12.3 Å². The Bertz CT molecular complexity index is 889. The van der Waals surface area contributed by atoms with Gasteiger partial charge in [-0.3, -0.25) is 0 Å². The third-order valence-electron chi connectivity index (χ3n) is 4.87. The van der Waals surface area contributed by atoms with Gasteiger partial charge in [-0.1, -0.05) is 135 Å². The molecule has 4 aromatic carbocycles. The predicted molar refractivity (Wildman–Crippen MR) is 139 cm³/mol. The van der Waals surface area contributed by atoms with Crippen LogP contribution >= 0.6 is 15.8 Å². The lowest BCUT2D eigenvalue weighted by Crippen LogP contribution is -2.17. The van der Waals surface area contributed by atoms with Gasteiger partial charge < -0.3 is 0 Å². The van der Waals surface area contributed by atoms with Crippen molar-refractivity contribution >= 4 is 37.1 Å². The quantitative estimate of drug-likeness (QED) is 0.328. The first kappa shape index (κ1) is 22.4. The predicted octanol–water partition coefficient (Wildman–Crippen LogP) is 6.28. The molecule has 0 saturated heterocycles. The lowest BCUT2D eigenvalue weighted by molar-refractivity contribution is 1.10. The van der Waals surface area contributed by atoms with Crippen LogP contribution in [0.3, 0.4) is 0 Å². The summed E-state index contributed by atoms with van der Waals surface area (Å²) in [5.41, 5.74) is 0.680. The summed E-state index contributed by atoms with van der Waals surface area (Å²) in [4.78, 5) is 0. The molecule has 0 N–H and O–H groups in total. The van der Waals surface area contributed by atoms with Gasteiger partial charge in [0.15, 0.2) is 0 Å². The highest BCUT2D eigenvalue weighted by molar-refractivity contribution is 7.73. The number of hydrogen-bond donors (Lipinski definition) is 0. The van der Waals surface area contributed by atoms with Crippen LogP contribution in [0.5, 0.6) is 0 Å². The molecule has 0 aliphatic carbocycles. The highest BCUT2D eigenvalue weighted by Crippen LogP contribution is 2.38. The van der Waals surface area contributed by atoms with Crippen LogP contribution in [-0.2, 0) is 0 Å². The van der Waals surface area contributed by atoms with Crippen molar-refractivity contribution in [2.75, 3.05) is 6.66 Å². The van der Waals surface area contributed by atoms with Gasteiger partial charge in [0.2, 0.25) is 0 Å².